The van der Waals surface area contributed by atoms with E-state index in [4.69, 9.17) is 0 Å². The molecule has 0 bridgehead atoms. The Morgan fingerprint density at radius 1 is 1.15 bits per heavy atom. The average Bonchev–Trinajstić information content (AvgIpc) is 3.51. The number of benzene rings is 1. The Balaban J connectivity index is 0.00000169. The smallest absolute Gasteiger partial charge is 0.262 e. The van der Waals surface area contributed by atoms with E-state index in [9.17, 15) is 24.2 Å². The van der Waals surface area contributed by atoms with Gasteiger partial charge in [-0.2, -0.15) is 0 Å². The summed E-state index contributed by atoms with van der Waals surface area (Å²) in [5.41, 5.74) is 1.59. The van der Waals surface area contributed by atoms with Crippen LogP contribution in [-0.2, 0) is 21.2 Å². The van der Waals surface area contributed by atoms with Crippen molar-refractivity contribution in [3.63, 3.8) is 0 Å². The maximum absolute atomic E-state index is 13.8. The number of hydrogen-bond acceptors (Lipinski definition) is 7. The van der Waals surface area contributed by atoms with Crippen LogP contribution in [0.2, 0.25) is 0 Å². The van der Waals surface area contributed by atoms with E-state index in [0.29, 0.717) is 30.8 Å². The lowest BCUT2D eigenvalue weighted by atomic mass is 9.78. The van der Waals surface area contributed by atoms with Crippen LogP contribution in [0.15, 0.2) is 48.7 Å². The van der Waals surface area contributed by atoms with Crippen molar-refractivity contribution < 1.29 is 33.9 Å². The molecular formula is C29H41N4O6PS. The van der Waals surface area contributed by atoms with Crippen molar-refractivity contribution in [3.8, 4) is 0 Å². The first-order chi connectivity index (χ1) is 19.2. The van der Waals surface area contributed by atoms with E-state index in [2.05, 4.69) is 17.2 Å². The van der Waals surface area contributed by atoms with E-state index in [0.717, 1.165) is 40.6 Å². The second-order valence-corrected chi connectivity index (χ2v) is 13.6. The van der Waals surface area contributed by atoms with Crippen molar-refractivity contribution in [1.29, 1.82) is 0 Å². The lowest BCUT2D eigenvalue weighted by Gasteiger charge is -2.49. The summed E-state index contributed by atoms with van der Waals surface area (Å²) in [5, 5.41) is 3.82. The Bertz CT molecular complexity index is 1460. The Kier molecular flexibility index (Phi) is 8.46. The maximum Gasteiger partial charge on any atom is 0.262 e. The molecule has 224 valence electrons. The highest BCUT2D eigenvalue weighted by Gasteiger charge is 2.50. The number of amides is 3. The molecular weight excluding hydrogens is 563 g/mol. The molecule has 12 heteroatoms. The summed E-state index contributed by atoms with van der Waals surface area (Å²) in [6.45, 7) is 3.28. The van der Waals surface area contributed by atoms with E-state index < -0.39 is 20.5 Å². The van der Waals surface area contributed by atoms with Crippen LogP contribution >= 0.6 is 19.7 Å². The molecule has 0 saturated carbocycles. The molecule has 6 rings (SSSR count). The summed E-state index contributed by atoms with van der Waals surface area (Å²) in [4.78, 5) is 67.9. The molecule has 3 amide bonds. The monoisotopic (exact) mass is 604 g/mol. The Hall–Kier alpha value is -2.95. The minimum atomic E-state index is -2.04. The first-order valence-corrected chi connectivity index (χ1v) is 16.0. The Labute approximate surface area is 248 Å². The van der Waals surface area contributed by atoms with Gasteiger partial charge in [-0.15, -0.1) is 11.3 Å². The van der Waals surface area contributed by atoms with Crippen molar-refractivity contribution in [2.75, 3.05) is 13.1 Å². The number of rotatable bonds is 6. The number of fused-ring (bicyclic) bond motifs is 2. The highest BCUT2D eigenvalue weighted by molar-refractivity contribution is 7.44. The van der Waals surface area contributed by atoms with Crippen LogP contribution in [0.4, 0.5) is 0 Å². The predicted molar refractivity (Wildman–Crippen MR) is 164 cm³/mol. The van der Waals surface area contributed by atoms with Crippen LogP contribution < -0.4 is 5.32 Å². The number of aromatic nitrogens is 1. The molecule has 0 spiro atoms. The quantitative estimate of drug-likeness (QED) is 0.366. The van der Waals surface area contributed by atoms with Gasteiger partial charge in [-0.25, -0.2) is 0 Å². The first-order valence-electron chi connectivity index (χ1n) is 13.7. The van der Waals surface area contributed by atoms with Gasteiger partial charge in [0.05, 0.1) is 4.88 Å². The van der Waals surface area contributed by atoms with Crippen LogP contribution in [-0.4, -0.2) is 79.0 Å². The van der Waals surface area contributed by atoms with E-state index in [1.54, 1.807) is 17.2 Å². The van der Waals surface area contributed by atoms with Gasteiger partial charge in [-0.05, 0) is 73.4 Å². The average molecular weight is 605 g/mol. The minimum Gasteiger partial charge on any atom is -0.412 e. The second kappa shape index (κ2) is 11.7. The molecule has 1 aromatic carbocycles. The molecule has 3 saturated heterocycles. The van der Waals surface area contributed by atoms with Crippen LogP contribution in [0.5, 0.6) is 0 Å². The summed E-state index contributed by atoms with van der Waals surface area (Å²) in [6, 6.07) is 12.1. The standard InChI is InChI=1S/C29H33N4O5PS.H2O.3H2/c1-29(25-7-2-3-12-30-25)16-32(17-29)28(36)22-10-9-20-5-4-6-21(27(35)33(20)22)31-26(34)24-14-19-13-18(15-39(37)38)8-11-23(19)40-24;;;;/h2-3,7-8,11-14,20-22,37-38H,4-6,9-10,15-17H2,1H3,(H,31,34);1H2;3*1H/t20?,21-,22-;;;;/m0..../s1. The molecule has 41 heavy (non-hydrogen) atoms. The van der Waals surface area contributed by atoms with Crippen molar-refractivity contribution >= 4 is 47.5 Å². The number of nitrogens with one attached hydrogen (secondary N) is 1. The van der Waals surface area contributed by atoms with Gasteiger partial charge in [-0.3, -0.25) is 19.4 Å². The van der Waals surface area contributed by atoms with E-state index >= 15 is 0 Å². The SMILES string of the molecule is CC1(c2ccccn2)CN(C(=O)[C@@H]2CCC3CCC[C@H](NC(=O)c4cc5cc(CP(O)O)ccc5s4)C(=O)N32)C1.O.[HH].[HH].[HH]. The Morgan fingerprint density at radius 3 is 2.68 bits per heavy atom. The van der Waals surface area contributed by atoms with Gasteiger partial charge in [0.2, 0.25) is 11.8 Å². The lowest BCUT2D eigenvalue weighted by molar-refractivity contribution is -0.150. The molecule has 10 nitrogen and oxygen atoms in total. The number of pyridine rings is 1. The van der Waals surface area contributed by atoms with Crippen LogP contribution in [0.1, 0.15) is 64.2 Å². The number of likely N-dealkylation sites (tertiary alicyclic amines) is 1. The van der Waals surface area contributed by atoms with Crippen molar-refractivity contribution in [2.45, 2.75) is 68.7 Å². The van der Waals surface area contributed by atoms with Crippen molar-refractivity contribution in [2.24, 2.45) is 0 Å². The number of nitrogens with zero attached hydrogens (tertiary/aromatic N) is 3. The molecule has 3 atom stereocenters. The zero-order chi connectivity index (χ0) is 28.0. The zero-order valence-corrected chi connectivity index (χ0v) is 24.5. The highest BCUT2D eigenvalue weighted by atomic mass is 32.1. The van der Waals surface area contributed by atoms with Crippen LogP contribution in [0.3, 0.4) is 0 Å². The van der Waals surface area contributed by atoms with Gasteiger partial charge >= 0.3 is 0 Å². The fourth-order valence-electron chi connectivity index (χ4n) is 6.48. The largest absolute Gasteiger partial charge is 0.412 e. The van der Waals surface area contributed by atoms with Crippen molar-refractivity contribution in [3.05, 3.63) is 64.8 Å². The van der Waals surface area contributed by atoms with Gasteiger partial charge in [0.15, 0.2) is 8.38 Å². The predicted octanol–water partition coefficient (Wildman–Crippen LogP) is 3.45. The normalized spacial score (nSPS) is 23.5. The van der Waals surface area contributed by atoms with E-state index in [1.165, 1.54) is 11.3 Å². The van der Waals surface area contributed by atoms with Crippen LogP contribution in [0.25, 0.3) is 10.1 Å². The summed E-state index contributed by atoms with van der Waals surface area (Å²) < 4.78 is 0.916. The van der Waals surface area contributed by atoms with E-state index in [1.807, 2.05) is 41.3 Å². The minimum absolute atomic E-state index is 0. The first kappa shape index (κ1) is 29.5. The number of hydrogen-bond donors (Lipinski definition) is 3. The molecule has 0 radical (unpaired) electrons. The van der Waals surface area contributed by atoms with Gasteiger partial charge in [0, 0.05) is 51.6 Å². The molecule has 2 aromatic heterocycles. The topological polar surface area (TPSA) is 155 Å². The molecule has 3 aliphatic heterocycles. The number of thiophene rings is 1. The molecule has 5 heterocycles. The van der Waals surface area contributed by atoms with E-state index in [-0.39, 0.29) is 45.1 Å². The van der Waals surface area contributed by atoms with Gasteiger partial charge < -0.3 is 30.4 Å². The summed E-state index contributed by atoms with van der Waals surface area (Å²) in [5.74, 6) is -0.476. The summed E-state index contributed by atoms with van der Waals surface area (Å²) >= 11 is 1.34. The molecule has 5 N–H and O–H groups in total. The molecule has 3 aromatic rings. The zero-order valence-electron chi connectivity index (χ0n) is 22.8. The second-order valence-electron chi connectivity index (χ2n) is 11.4. The number of carbonyl (C=O) groups is 3. The van der Waals surface area contributed by atoms with Gasteiger partial charge in [0.25, 0.3) is 5.91 Å². The third kappa shape index (κ3) is 5.74. The molecule has 1 unspecified atom stereocenters. The fraction of sp³-hybridized carbons (Fsp3) is 0.448. The van der Waals surface area contributed by atoms with Crippen molar-refractivity contribution in [1.82, 2.24) is 20.1 Å². The van der Waals surface area contributed by atoms with Gasteiger partial charge in [0.1, 0.15) is 12.1 Å². The summed E-state index contributed by atoms with van der Waals surface area (Å²) in [7, 11) is -2.04. The van der Waals surface area contributed by atoms with Crippen LogP contribution in [0, 0.1) is 0 Å². The third-order valence-corrected chi connectivity index (χ3v) is 10.2. The molecule has 3 fully saturated rings. The fourth-order valence-corrected chi connectivity index (χ4v) is 7.95. The molecule has 0 aliphatic carbocycles. The maximum atomic E-state index is 13.8. The van der Waals surface area contributed by atoms with Gasteiger partial charge in [-0.1, -0.05) is 19.1 Å². The Morgan fingerprint density at radius 2 is 1.95 bits per heavy atom. The lowest BCUT2D eigenvalue weighted by Crippen LogP contribution is -2.64. The highest BCUT2D eigenvalue weighted by Crippen LogP contribution is 2.38. The third-order valence-electron chi connectivity index (χ3n) is 8.48. The summed E-state index contributed by atoms with van der Waals surface area (Å²) in [6.07, 6.45) is 5.59. The molecule has 3 aliphatic rings. The number of carbonyl (C=O) groups excluding carboxylic acids is 3.